The predicted octanol–water partition coefficient (Wildman–Crippen LogP) is 4.09. The van der Waals surface area contributed by atoms with Crippen LogP contribution in [0.15, 0.2) is 54.6 Å². The molecule has 0 radical (unpaired) electrons. The maximum Gasteiger partial charge on any atom is 0.0556 e. The highest BCUT2D eigenvalue weighted by Gasteiger charge is 2.10. The van der Waals surface area contributed by atoms with Gasteiger partial charge in [0.15, 0.2) is 0 Å². The molecule has 0 unspecified atom stereocenters. The summed E-state index contributed by atoms with van der Waals surface area (Å²) in [6.07, 6.45) is 0. The van der Waals surface area contributed by atoms with Gasteiger partial charge in [-0.3, -0.25) is 0 Å². The molecule has 4 rings (SSSR count). The van der Waals surface area contributed by atoms with E-state index in [-0.39, 0.29) is 19.0 Å². The molecule has 0 aromatic heterocycles. The van der Waals surface area contributed by atoms with Crippen molar-refractivity contribution in [3.8, 4) is 0 Å². The molecule has 3 heteroatoms. The lowest BCUT2D eigenvalue weighted by Gasteiger charge is -2.14. The fraction of sp³-hybridized carbons (Fsp3) is 0.158. The van der Waals surface area contributed by atoms with Crippen molar-refractivity contribution in [3.63, 3.8) is 0 Å². The van der Waals surface area contributed by atoms with E-state index in [0.29, 0.717) is 6.54 Å². The summed E-state index contributed by atoms with van der Waals surface area (Å²) in [6, 6.07) is 19.7. The van der Waals surface area contributed by atoms with Crippen molar-refractivity contribution in [2.45, 2.75) is 6.54 Å². The largest absolute Gasteiger partial charge is 0.395 e. The molecule has 0 spiro atoms. The van der Waals surface area contributed by atoms with Crippen molar-refractivity contribution in [1.82, 2.24) is 5.32 Å². The van der Waals surface area contributed by atoms with Crippen LogP contribution >= 0.6 is 12.4 Å². The van der Waals surface area contributed by atoms with Gasteiger partial charge in [0.1, 0.15) is 0 Å². The van der Waals surface area contributed by atoms with E-state index in [2.05, 4.69) is 59.9 Å². The van der Waals surface area contributed by atoms with Gasteiger partial charge in [0.05, 0.1) is 6.61 Å². The van der Waals surface area contributed by atoms with Crippen LogP contribution in [0.3, 0.4) is 0 Å². The van der Waals surface area contributed by atoms with Crippen molar-refractivity contribution in [2.75, 3.05) is 13.2 Å². The highest BCUT2D eigenvalue weighted by atomic mass is 35.5. The first kappa shape index (κ1) is 15.0. The summed E-state index contributed by atoms with van der Waals surface area (Å²) in [6.45, 7) is 1.59. The maximum absolute atomic E-state index is 8.92. The molecular formula is C19H18ClNO. The average molecular weight is 312 g/mol. The van der Waals surface area contributed by atoms with E-state index in [1.165, 1.54) is 37.9 Å². The Balaban J connectivity index is 0.00000144. The SMILES string of the molecule is Cl.OCCNCc1ccc2ccc3cccc4ccc1c2c34. The zero-order valence-corrected chi connectivity index (χ0v) is 13.0. The third kappa shape index (κ3) is 2.30. The molecule has 22 heavy (non-hydrogen) atoms. The number of aliphatic hydroxyl groups excluding tert-OH is 1. The Kier molecular flexibility index (Phi) is 4.16. The van der Waals surface area contributed by atoms with Crippen LogP contribution in [0.2, 0.25) is 0 Å². The predicted molar refractivity (Wildman–Crippen MR) is 96.2 cm³/mol. The van der Waals surface area contributed by atoms with Crippen molar-refractivity contribution in [2.24, 2.45) is 0 Å². The van der Waals surface area contributed by atoms with Crippen molar-refractivity contribution < 1.29 is 5.11 Å². The third-order valence-corrected chi connectivity index (χ3v) is 4.22. The highest BCUT2D eigenvalue weighted by Crippen LogP contribution is 2.35. The Morgan fingerprint density at radius 2 is 1.41 bits per heavy atom. The molecule has 0 amide bonds. The first-order chi connectivity index (χ1) is 10.4. The summed E-state index contributed by atoms with van der Waals surface area (Å²) in [4.78, 5) is 0. The molecule has 0 aliphatic rings. The molecule has 0 fully saturated rings. The van der Waals surface area contributed by atoms with Crippen LogP contribution in [0.1, 0.15) is 5.56 Å². The van der Waals surface area contributed by atoms with Crippen LogP contribution in [0.25, 0.3) is 32.3 Å². The van der Waals surface area contributed by atoms with Gasteiger partial charge < -0.3 is 10.4 Å². The van der Waals surface area contributed by atoms with Crippen LogP contribution in [0.4, 0.5) is 0 Å². The van der Waals surface area contributed by atoms with Gasteiger partial charge in [-0.05, 0) is 37.9 Å². The minimum Gasteiger partial charge on any atom is -0.395 e. The van der Waals surface area contributed by atoms with E-state index in [1.54, 1.807) is 0 Å². The summed E-state index contributed by atoms with van der Waals surface area (Å²) in [5, 5.41) is 20.1. The second kappa shape index (κ2) is 6.09. The first-order valence-corrected chi connectivity index (χ1v) is 7.35. The molecule has 0 aliphatic heterocycles. The van der Waals surface area contributed by atoms with Gasteiger partial charge in [0, 0.05) is 13.1 Å². The topological polar surface area (TPSA) is 32.3 Å². The highest BCUT2D eigenvalue weighted by molar-refractivity contribution is 6.23. The minimum absolute atomic E-state index is 0. The zero-order chi connectivity index (χ0) is 14.2. The maximum atomic E-state index is 8.92. The van der Waals surface area contributed by atoms with Gasteiger partial charge in [-0.2, -0.15) is 0 Å². The normalized spacial score (nSPS) is 11.3. The van der Waals surface area contributed by atoms with Crippen LogP contribution in [-0.2, 0) is 6.54 Å². The van der Waals surface area contributed by atoms with Gasteiger partial charge in [0.2, 0.25) is 0 Å². The fourth-order valence-corrected chi connectivity index (χ4v) is 3.25. The van der Waals surface area contributed by atoms with Crippen LogP contribution in [-0.4, -0.2) is 18.3 Å². The van der Waals surface area contributed by atoms with Crippen LogP contribution in [0.5, 0.6) is 0 Å². The molecule has 112 valence electrons. The number of aliphatic hydroxyl groups is 1. The molecule has 2 N–H and O–H groups in total. The van der Waals surface area contributed by atoms with Crippen molar-refractivity contribution >= 4 is 44.7 Å². The summed E-state index contributed by atoms with van der Waals surface area (Å²) in [5.41, 5.74) is 1.29. The second-order valence-electron chi connectivity index (χ2n) is 5.48. The number of benzene rings is 4. The van der Waals surface area contributed by atoms with Gasteiger partial charge >= 0.3 is 0 Å². The van der Waals surface area contributed by atoms with E-state index in [0.717, 1.165) is 6.54 Å². The van der Waals surface area contributed by atoms with E-state index >= 15 is 0 Å². The number of halogens is 1. The summed E-state index contributed by atoms with van der Waals surface area (Å²) in [7, 11) is 0. The lowest BCUT2D eigenvalue weighted by atomic mass is 9.92. The molecule has 0 saturated carbocycles. The molecule has 0 aliphatic carbocycles. The van der Waals surface area contributed by atoms with Crippen molar-refractivity contribution in [3.05, 3.63) is 60.2 Å². The van der Waals surface area contributed by atoms with Gasteiger partial charge in [-0.15, -0.1) is 12.4 Å². The quantitative estimate of drug-likeness (QED) is 0.439. The zero-order valence-electron chi connectivity index (χ0n) is 12.2. The van der Waals surface area contributed by atoms with Gasteiger partial charge in [-0.1, -0.05) is 54.6 Å². The Hall–Kier alpha value is -1.87. The number of nitrogens with one attached hydrogen (secondary N) is 1. The summed E-state index contributed by atoms with van der Waals surface area (Å²) < 4.78 is 0. The smallest absolute Gasteiger partial charge is 0.0556 e. The van der Waals surface area contributed by atoms with Crippen molar-refractivity contribution in [1.29, 1.82) is 0 Å². The first-order valence-electron chi connectivity index (χ1n) is 7.35. The van der Waals surface area contributed by atoms with Gasteiger partial charge in [-0.25, -0.2) is 0 Å². The molecule has 0 heterocycles. The number of hydrogen-bond acceptors (Lipinski definition) is 2. The van der Waals surface area contributed by atoms with Crippen LogP contribution < -0.4 is 5.32 Å². The number of hydrogen-bond donors (Lipinski definition) is 2. The molecule has 0 saturated heterocycles. The molecule has 0 bridgehead atoms. The standard InChI is InChI=1S/C19H17NO.ClH/c21-11-10-20-12-16-7-6-15-5-4-13-2-1-3-14-8-9-17(16)19(15)18(13)14;/h1-9,20-21H,10-12H2;1H. The molecule has 2 nitrogen and oxygen atoms in total. The average Bonchev–Trinajstić information content (AvgIpc) is 2.54. The lowest BCUT2D eigenvalue weighted by molar-refractivity contribution is 0.292. The lowest BCUT2D eigenvalue weighted by Crippen LogP contribution is -2.17. The Bertz CT molecular complexity index is 903. The molecule has 4 aromatic rings. The molecule has 0 atom stereocenters. The van der Waals surface area contributed by atoms with E-state index in [1.807, 2.05) is 0 Å². The number of rotatable bonds is 4. The molecule has 4 aromatic carbocycles. The molecular weight excluding hydrogens is 294 g/mol. The van der Waals surface area contributed by atoms with Gasteiger partial charge in [0.25, 0.3) is 0 Å². The third-order valence-electron chi connectivity index (χ3n) is 4.22. The Labute approximate surface area is 135 Å². The van der Waals surface area contributed by atoms with E-state index in [9.17, 15) is 0 Å². The second-order valence-corrected chi connectivity index (χ2v) is 5.48. The fourth-order valence-electron chi connectivity index (χ4n) is 3.25. The minimum atomic E-state index is 0. The van der Waals surface area contributed by atoms with E-state index < -0.39 is 0 Å². The Morgan fingerprint density at radius 3 is 2.14 bits per heavy atom. The van der Waals surface area contributed by atoms with E-state index in [4.69, 9.17) is 5.11 Å². The summed E-state index contributed by atoms with van der Waals surface area (Å²) in [5.74, 6) is 0. The summed E-state index contributed by atoms with van der Waals surface area (Å²) >= 11 is 0. The van der Waals surface area contributed by atoms with Crippen LogP contribution in [0, 0.1) is 0 Å². The Morgan fingerprint density at radius 1 is 0.773 bits per heavy atom. The monoisotopic (exact) mass is 311 g/mol.